The molecule has 2 saturated heterocycles. The summed E-state index contributed by atoms with van der Waals surface area (Å²) in [5, 5.41) is 19.3. The van der Waals surface area contributed by atoms with Crippen LogP contribution in [0.3, 0.4) is 0 Å². The van der Waals surface area contributed by atoms with Gasteiger partial charge in [0.25, 0.3) is 17.8 Å². The SMILES string of the molecule is CC1CC(C)CN(CC2=[N+](CC(O)CO)C3C(=O)N(C)C(=O)N(C)C3=N2)C1. The van der Waals surface area contributed by atoms with E-state index < -0.39 is 24.8 Å². The maximum absolute atomic E-state index is 12.8. The molecule has 0 aliphatic carbocycles. The van der Waals surface area contributed by atoms with Gasteiger partial charge in [-0.3, -0.25) is 19.5 Å². The number of nitrogens with zero attached hydrogens (tertiary/aromatic N) is 5. The molecule has 9 nitrogen and oxygen atoms in total. The Balaban J connectivity index is 1.92. The van der Waals surface area contributed by atoms with Crippen molar-refractivity contribution in [3.63, 3.8) is 0 Å². The summed E-state index contributed by atoms with van der Waals surface area (Å²) >= 11 is 0. The lowest BCUT2D eigenvalue weighted by Gasteiger charge is -2.34. The summed E-state index contributed by atoms with van der Waals surface area (Å²) in [5.41, 5.74) is 0. The van der Waals surface area contributed by atoms with Crippen molar-refractivity contribution in [1.82, 2.24) is 14.7 Å². The van der Waals surface area contributed by atoms with Gasteiger partial charge in [0.1, 0.15) is 19.2 Å². The van der Waals surface area contributed by atoms with Crippen LogP contribution in [0.15, 0.2) is 4.99 Å². The Morgan fingerprint density at radius 2 is 1.81 bits per heavy atom. The fourth-order valence-corrected chi connectivity index (χ4v) is 4.39. The van der Waals surface area contributed by atoms with Crippen LogP contribution >= 0.6 is 0 Å². The van der Waals surface area contributed by atoms with E-state index in [0.717, 1.165) is 18.0 Å². The zero-order valence-electron chi connectivity index (χ0n) is 16.5. The lowest BCUT2D eigenvalue weighted by atomic mass is 9.92. The van der Waals surface area contributed by atoms with Gasteiger partial charge in [-0.2, -0.15) is 0 Å². The number of aliphatic hydroxyl groups excluding tert-OH is 2. The fourth-order valence-electron chi connectivity index (χ4n) is 4.39. The maximum atomic E-state index is 12.8. The van der Waals surface area contributed by atoms with Gasteiger partial charge in [0.2, 0.25) is 0 Å². The molecule has 4 atom stereocenters. The van der Waals surface area contributed by atoms with Crippen molar-refractivity contribution < 1.29 is 24.4 Å². The summed E-state index contributed by atoms with van der Waals surface area (Å²) in [4.78, 5) is 34.4. The second kappa shape index (κ2) is 7.65. The van der Waals surface area contributed by atoms with Crippen molar-refractivity contribution in [2.75, 3.05) is 46.9 Å². The Morgan fingerprint density at radius 1 is 1.19 bits per heavy atom. The summed E-state index contributed by atoms with van der Waals surface area (Å²) in [6, 6.07) is -1.16. The number of amidine groups is 2. The zero-order valence-corrected chi connectivity index (χ0v) is 16.5. The van der Waals surface area contributed by atoms with Crippen LogP contribution in [-0.2, 0) is 4.79 Å². The molecule has 150 valence electrons. The van der Waals surface area contributed by atoms with Gasteiger partial charge in [0.05, 0.1) is 6.61 Å². The third-order valence-corrected chi connectivity index (χ3v) is 5.54. The van der Waals surface area contributed by atoms with Crippen molar-refractivity contribution in [3.05, 3.63) is 0 Å². The molecule has 3 heterocycles. The number of likely N-dealkylation sites (tertiary alicyclic amines) is 1. The third-order valence-electron chi connectivity index (χ3n) is 5.54. The highest BCUT2D eigenvalue weighted by Crippen LogP contribution is 2.23. The molecule has 0 bridgehead atoms. The van der Waals surface area contributed by atoms with Crippen LogP contribution in [0.2, 0.25) is 0 Å². The molecule has 27 heavy (non-hydrogen) atoms. The average molecular weight is 380 g/mol. The van der Waals surface area contributed by atoms with Crippen molar-refractivity contribution in [1.29, 1.82) is 0 Å². The molecule has 0 aromatic rings. The van der Waals surface area contributed by atoms with Crippen LogP contribution in [0.4, 0.5) is 4.79 Å². The van der Waals surface area contributed by atoms with E-state index in [1.165, 1.54) is 18.4 Å². The summed E-state index contributed by atoms with van der Waals surface area (Å²) in [5.74, 6) is 1.85. The van der Waals surface area contributed by atoms with Crippen LogP contribution in [0.1, 0.15) is 20.3 Å². The number of hydrogen-bond acceptors (Lipinski definition) is 6. The van der Waals surface area contributed by atoms with Gasteiger partial charge in [-0.05, 0) is 23.2 Å². The highest BCUT2D eigenvalue weighted by Gasteiger charge is 2.53. The average Bonchev–Trinajstić information content (AvgIpc) is 2.95. The Hall–Kier alpha value is -1.84. The normalized spacial score (nSPS) is 30.7. The topological polar surface area (TPSA) is 99.7 Å². The number of aliphatic imine (C=N–C) groups is 1. The summed E-state index contributed by atoms with van der Waals surface area (Å²) in [6.45, 7) is 6.58. The number of urea groups is 1. The van der Waals surface area contributed by atoms with Gasteiger partial charge in [-0.15, -0.1) is 0 Å². The largest absolute Gasteiger partial charge is 0.394 e. The standard InChI is InChI=1S/C18H30N5O4/c1-11-5-12(2)7-22(6-11)9-14-19-16-15(23(14)8-13(25)10-24)17(26)21(4)18(27)20(16)3/h11-13,15,24-25H,5-10H2,1-4H3/q+1. The number of carbonyl (C=O) groups is 2. The predicted molar refractivity (Wildman–Crippen MR) is 99.8 cm³/mol. The van der Waals surface area contributed by atoms with Gasteiger partial charge >= 0.3 is 11.9 Å². The number of likely N-dealkylation sites (N-methyl/N-ethyl adjacent to an activating group) is 2. The maximum Gasteiger partial charge on any atom is 0.333 e. The number of piperidine rings is 1. The van der Waals surface area contributed by atoms with Gasteiger partial charge in [-0.25, -0.2) is 9.37 Å². The molecule has 3 aliphatic heterocycles. The van der Waals surface area contributed by atoms with Crippen LogP contribution in [0, 0.1) is 11.8 Å². The van der Waals surface area contributed by atoms with Gasteiger partial charge in [0.15, 0.2) is 0 Å². The quantitative estimate of drug-likeness (QED) is 0.598. The van der Waals surface area contributed by atoms with E-state index in [4.69, 9.17) is 0 Å². The van der Waals surface area contributed by atoms with Crippen LogP contribution < -0.4 is 0 Å². The van der Waals surface area contributed by atoms with Crippen molar-refractivity contribution >= 4 is 23.6 Å². The Kier molecular flexibility index (Phi) is 5.64. The van der Waals surface area contributed by atoms with Crippen molar-refractivity contribution in [3.8, 4) is 0 Å². The molecule has 0 spiro atoms. The van der Waals surface area contributed by atoms with Gasteiger partial charge < -0.3 is 10.2 Å². The molecule has 9 heteroatoms. The molecule has 4 unspecified atom stereocenters. The third kappa shape index (κ3) is 3.76. The molecule has 0 aromatic carbocycles. The molecule has 3 aliphatic rings. The smallest absolute Gasteiger partial charge is 0.333 e. The Bertz CT molecular complexity index is 681. The Labute approximate surface area is 159 Å². The van der Waals surface area contributed by atoms with E-state index in [1.807, 2.05) is 0 Å². The molecule has 0 radical (unpaired) electrons. The van der Waals surface area contributed by atoms with Gasteiger partial charge in [-0.1, -0.05) is 13.8 Å². The molecule has 3 rings (SSSR count). The first-order valence-electron chi connectivity index (χ1n) is 9.50. The molecule has 0 saturated carbocycles. The number of β-amino-alcohol motifs (C(OH)–C–C–N with tert-alkyl or cyclic N) is 1. The highest BCUT2D eigenvalue weighted by molar-refractivity contribution is 6.23. The Morgan fingerprint density at radius 3 is 2.41 bits per heavy atom. The second-order valence-electron chi connectivity index (χ2n) is 8.16. The van der Waals surface area contributed by atoms with Crippen LogP contribution in [0.5, 0.6) is 0 Å². The van der Waals surface area contributed by atoms with Crippen molar-refractivity contribution in [2.24, 2.45) is 16.8 Å². The predicted octanol–water partition coefficient (Wildman–Crippen LogP) is -0.967. The van der Waals surface area contributed by atoms with E-state index in [1.54, 1.807) is 11.6 Å². The van der Waals surface area contributed by atoms with Crippen molar-refractivity contribution in [2.45, 2.75) is 32.4 Å². The summed E-state index contributed by atoms with van der Waals surface area (Å²) in [6.07, 6.45) is 0.200. The van der Waals surface area contributed by atoms with E-state index in [0.29, 0.717) is 30.1 Å². The number of carbonyl (C=O) groups excluding carboxylic acids is 2. The minimum atomic E-state index is -0.991. The fraction of sp³-hybridized carbons (Fsp3) is 0.778. The first-order chi connectivity index (χ1) is 12.7. The number of fused-ring (bicyclic) bond motifs is 1. The number of amides is 3. The monoisotopic (exact) mass is 380 g/mol. The lowest BCUT2D eigenvalue weighted by molar-refractivity contribution is -0.545. The van der Waals surface area contributed by atoms with Crippen LogP contribution in [-0.4, -0.2) is 112 Å². The zero-order chi connectivity index (χ0) is 19.9. The molecule has 2 fully saturated rings. The lowest BCUT2D eigenvalue weighted by Crippen LogP contribution is -2.62. The minimum Gasteiger partial charge on any atom is -0.394 e. The first-order valence-corrected chi connectivity index (χ1v) is 9.50. The second-order valence-corrected chi connectivity index (χ2v) is 8.16. The molecule has 2 N–H and O–H groups in total. The molecular formula is C18H30N5O4+. The first kappa shape index (κ1) is 19.9. The van der Waals surface area contributed by atoms with E-state index >= 15 is 0 Å². The molecule has 3 amide bonds. The molecular weight excluding hydrogens is 350 g/mol. The highest BCUT2D eigenvalue weighted by atomic mass is 16.3. The minimum absolute atomic E-state index is 0.0874. The number of rotatable bonds is 5. The summed E-state index contributed by atoms with van der Waals surface area (Å²) < 4.78 is 1.74. The number of hydrogen-bond donors (Lipinski definition) is 2. The van der Waals surface area contributed by atoms with Crippen LogP contribution in [0.25, 0.3) is 0 Å². The van der Waals surface area contributed by atoms with E-state index in [-0.39, 0.29) is 12.5 Å². The number of aliphatic hydroxyl groups is 2. The van der Waals surface area contributed by atoms with E-state index in [2.05, 4.69) is 23.7 Å². The van der Waals surface area contributed by atoms with Gasteiger partial charge in [0, 0.05) is 27.2 Å². The number of imide groups is 1. The van der Waals surface area contributed by atoms with E-state index in [9.17, 15) is 19.8 Å². The molecule has 0 aromatic heterocycles. The summed E-state index contributed by atoms with van der Waals surface area (Å²) in [7, 11) is 3.05.